The van der Waals surface area contributed by atoms with Crippen molar-refractivity contribution in [2.75, 3.05) is 0 Å². The molecule has 0 bridgehead atoms. The van der Waals surface area contributed by atoms with Crippen molar-refractivity contribution in [2.45, 2.75) is 37.1 Å². The van der Waals surface area contributed by atoms with Crippen molar-refractivity contribution >= 4 is 11.6 Å². The number of alkyl halides is 1. The molecule has 1 aliphatic heterocycles. The molecule has 0 aromatic carbocycles. The summed E-state index contributed by atoms with van der Waals surface area (Å²) in [7, 11) is 0. The summed E-state index contributed by atoms with van der Waals surface area (Å²) in [5.74, 6) is 0.492. The van der Waals surface area contributed by atoms with Crippen molar-refractivity contribution in [3.8, 4) is 11.3 Å². The number of aromatic amines is 1. The molecular formula is C12H11ClF2N2O5. The minimum atomic E-state index is -2.89. The van der Waals surface area contributed by atoms with Gasteiger partial charge in [0.25, 0.3) is 5.56 Å². The minimum absolute atomic E-state index is 0.392. The van der Waals surface area contributed by atoms with E-state index >= 15 is 0 Å². The molecule has 0 amide bonds. The van der Waals surface area contributed by atoms with Crippen LogP contribution in [0, 0.1) is 17.1 Å². The van der Waals surface area contributed by atoms with E-state index in [9.17, 15) is 28.6 Å². The van der Waals surface area contributed by atoms with Crippen molar-refractivity contribution < 1.29 is 23.7 Å². The van der Waals surface area contributed by atoms with Crippen LogP contribution in [-0.2, 0) is 4.74 Å². The van der Waals surface area contributed by atoms with Gasteiger partial charge in [-0.3, -0.25) is 14.3 Å². The van der Waals surface area contributed by atoms with Crippen molar-refractivity contribution in [1.29, 1.82) is 0 Å². The average molecular weight is 337 g/mol. The summed E-state index contributed by atoms with van der Waals surface area (Å²) in [5.41, 5.74) is -5.36. The number of hydrogen-bond donors (Lipinski definition) is 3. The number of nitrogens with zero attached hydrogens (tertiary/aromatic N) is 1. The third kappa shape index (κ3) is 2.55. The number of rotatable bonds is 2. The summed E-state index contributed by atoms with van der Waals surface area (Å²) in [6.45, 7) is 1.22. The topological polar surface area (TPSA) is 105 Å². The first-order valence-electron chi connectivity index (χ1n) is 6.06. The smallest absolute Gasteiger partial charge is 0.330 e. The van der Waals surface area contributed by atoms with Crippen LogP contribution >= 0.6 is 11.6 Å². The monoisotopic (exact) mass is 336 g/mol. The Morgan fingerprint density at radius 1 is 1.59 bits per heavy atom. The van der Waals surface area contributed by atoms with Crippen LogP contribution in [-0.4, -0.2) is 43.7 Å². The lowest BCUT2D eigenvalue weighted by molar-refractivity contribution is -0.0805. The van der Waals surface area contributed by atoms with Crippen LogP contribution in [0.2, 0.25) is 0 Å². The van der Waals surface area contributed by atoms with E-state index in [2.05, 4.69) is 0 Å². The lowest BCUT2D eigenvalue weighted by Gasteiger charge is -2.23. The second-order valence-corrected chi connectivity index (χ2v) is 4.96. The van der Waals surface area contributed by atoms with E-state index in [1.165, 1.54) is 6.92 Å². The van der Waals surface area contributed by atoms with Crippen molar-refractivity contribution in [3.05, 3.63) is 32.9 Å². The second-order valence-electron chi connectivity index (χ2n) is 4.77. The largest absolute Gasteiger partial charge is 0.391 e. The summed E-state index contributed by atoms with van der Waals surface area (Å²) in [6.07, 6.45) is -6.18. The van der Waals surface area contributed by atoms with Crippen LogP contribution in [0.5, 0.6) is 0 Å². The Balaban J connectivity index is 2.61. The summed E-state index contributed by atoms with van der Waals surface area (Å²) in [6, 6.07) is 0. The van der Waals surface area contributed by atoms with Gasteiger partial charge in [0.05, 0.1) is 12.3 Å². The number of H-pyrrole nitrogens is 1. The van der Waals surface area contributed by atoms with E-state index in [0.717, 1.165) is 0 Å². The van der Waals surface area contributed by atoms with Crippen LogP contribution in [0.3, 0.4) is 0 Å². The molecule has 0 aliphatic carbocycles. The molecule has 5 atom stereocenters. The predicted octanol–water partition coefficient (Wildman–Crippen LogP) is -0.777. The number of aliphatic hydroxyl groups excluding tert-OH is 2. The van der Waals surface area contributed by atoms with Crippen molar-refractivity contribution in [1.82, 2.24) is 9.55 Å². The van der Waals surface area contributed by atoms with Gasteiger partial charge in [-0.05, 0) is 24.4 Å². The van der Waals surface area contributed by atoms with Crippen LogP contribution in [0.25, 0.3) is 0 Å². The Morgan fingerprint density at radius 2 is 2.23 bits per heavy atom. The Bertz CT molecular complexity index is 752. The number of hydrogen-bond acceptors (Lipinski definition) is 5. The summed E-state index contributed by atoms with van der Waals surface area (Å²) >= 11 is 5.16. The molecule has 1 unspecified atom stereocenters. The number of halogens is 3. The molecule has 1 aromatic heterocycles. The second kappa shape index (κ2) is 5.81. The van der Waals surface area contributed by atoms with Crippen LogP contribution in [0.1, 0.15) is 13.2 Å². The van der Waals surface area contributed by atoms with Gasteiger partial charge >= 0.3 is 5.69 Å². The molecule has 1 saturated heterocycles. The molecule has 2 rings (SSSR count). The lowest BCUT2D eigenvalue weighted by atomic mass is 9.95. The van der Waals surface area contributed by atoms with E-state index in [-0.39, 0.29) is 0 Å². The fourth-order valence-electron chi connectivity index (χ4n) is 2.20. The van der Waals surface area contributed by atoms with E-state index in [1.807, 2.05) is 5.92 Å². The summed E-state index contributed by atoms with van der Waals surface area (Å²) in [4.78, 5) is 24.4. The Labute approximate surface area is 127 Å². The van der Waals surface area contributed by atoms with Crippen LogP contribution in [0.15, 0.2) is 15.8 Å². The standard InChI is InChI=1S/C12H11ClF2N2O5/c1-5(18)7-8(19)12(15,2-3-13)10(22-7)17-4-6(14)9(20)16-11(17)21/h4-5,7-8,10,18-19H,1H3,(H,16,20,21)/t5-,7-,8?,10-,12-/m1/s1. The zero-order valence-electron chi connectivity index (χ0n) is 11.1. The molecule has 0 radical (unpaired) electrons. The van der Waals surface area contributed by atoms with Crippen molar-refractivity contribution in [2.24, 2.45) is 0 Å². The van der Waals surface area contributed by atoms with Gasteiger partial charge in [0.2, 0.25) is 11.5 Å². The number of nitrogens with one attached hydrogen (secondary N) is 1. The summed E-state index contributed by atoms with van der Waals surface area (Å²) in [5, 5.41) is 21.2. The zero-order chi connectivity index (χ0) is 16.7. The lowest BCUT2D eigenvalue weighted by Crippen LogP contribution is -2.46. The predicted molar refractivity (Wildman–Crippen MR) is 70.3 cm³/mol. The molecule has 0 spiro atoms. The Kier molecular flexibility index (Phi) is 4.39. The van der Waals surface area contributed by atoms with Crippen LogP contribution in [0.4, 0.5) is 8.78 Å². The van der Waals surface area contributed by atoms with Gasteiger partial charge in [-0.25, -0.2) is 9.18 Å². The van der Waals surface area contributed by atoms with Crippen LogP contribution < -0.4 is 11.2 Å². The first-order valence-corrected chi connectivity index (χ1v) is 6.44. The third-order valence-corrected chi connectivity index (χ3v) is 3.37. The van der Waals surface area contributed by atoms with Gasteiger partial charge in [0.15, 0.2) is 6.23 Å². The maximum Gasteiger partial charge on any atom is 0.330 e. The van der Waals surface area contributed by atoms with E-state index in [4.69, 9.17) is 16.3 Å². The highest BCUT2D eigenvalue weighted by molar-refractivity contribution is 6.30. The van der Waals surface area contributed by atoms with E-state index < -0.39 is 47.3 Å². The molecule has 2 heterocycles. The number of aromatic nitrogens is 2. The molecule has 3 N–H and O–H groups in total. The molecule has 22 heavy (non-hydrogen) atoms. The molecule has 1 aromatic rings. The molecule has 120 valence electrons. The molecular weight excluding hydrogens is 326 g/mol. The van der Waals surface area contributed by atoms with E-state index in [1.54, 1.807) is 10.4 Å². The molecule has 1 aliphatic rings. The first-order chi connectivity index (χ1) is 10.2. The minimum Gasteiger partial charge on any atom is -0.391 e. The van der Waals surface area contributed by atoms with E-state index in [0.29, 0.717) is 10.8 Å². The molecule has 7 nitrogen and oxygen atoms in total. The Hall–Kier alpha value is -1.73. The number of aliphatic hydroxyl groups is 2. The van der Waals surface area contributed by atoms with Crippen molar-refractivity contribution in [3.63, 3.8) is 0 Å². The highest BCUT2D eigenvalue weighted by Gasteiger charge is 2.59. The molecule has 1 fully saturated rings. The molecule has 10 heteroatoms. The Morgan fingerprint density at radius 3 is 2.77 bits per heavy atom. The van der Waals surface area contributed by atoms with Gasteiger partial charge in [0, 0.05) is 5.38 Å². The maximum absolute atomic E-state index is 15.0. The third-order valence-electron chi connectivity index (χ3n) is 3.28. The molecule has 0 saturated carbocycles. The SMILES string of the molecule is C[C@@H](O)[C@H]1O[C@@H](n2cc(F)c(=O)[nH]c2=O)[C@@](F)(C#CCl)C1O. The first kappa shape index (κ1) is 16.6. The number of ether oxygens (including phenoxy) is 1. The normalized spacial score (nSPS) is 32.4. The summed E-state index contributed by atoms with van der Waals surface area (Å²) < 4.78 is 33.8. The van der Waals surface area contributed by atoms with Gasteiger partial charge in [-0.1, -0.05) is 0 Å². The highest BCUT2D eigenvalue weighted by Crippen LogP contribution is 2.41. The van der Waals surface area contributed by atoms with Gasteiger partial charge < -0.3 is 14.9 Å². The fraction of sp³-hybridized carbons (Fsp3) is 0.500. The fourth-order valence-corrected chi connectivity index (χ4v) is 2.34. The average Bonchev–Trinajstić information content (AvgIpc) is 2.68. The quantitative estimate of drug-likeness (QED) is 0.615. The van der Waals surface area contributed by atoms with Gasteiger partial charge in [0.1, 0.15) is 12.2 Å². The zero-order valence-corrected chi connectivity index (χ0v) is 11.8. The van der Waals surface area contributed by atoms with Gasteiger partial charge in [-0.15, -0.1) is 0 Å². The highest BCUT2D eigenvalue weighted by atomic mass is 35.5. The van der Waals surface area contributed by atoms with Gasteiger partial charge in [-0.2, -0.15) is 4.39 Å². The maximum atomic E-state index is 15.0.